The van der Waals surface area contributed by atoms with Crippen LogP contribution in [0.2, 0.25) is 0 Å². The van der Waals surface area contributed by atoms with Gasteiger partial charge in [0.1, 0.15) is 35.5 Å². The van der Waals surface area contributed by atoms with Crippen molar-refractivity contribution in [3.63, 3.8) is 0 Å². The number of halogens is 1. The van der Waals surface area contributed by atoms with Crippen LogP contribution in [0.4, 0.5) is 15.9 Å². The van der Waals surface area contributed by atoms with E-state index in [4.69, 9.17) is 16.4 Å². The number of nitrogens with one attached hydrogen (secondary N) is 1. The van der Waals surface area contributed by atoms with Gasteiger partial charge in [-0.3, -0.25) is 9.80 Å². The Morgan fingerprint density at radius 1 is 1.28 bits per heavy atom. The Morgan fingerprint density at radius 3 is 2.86 bits per heavy atom. The summed E-state index contributed by atoms with van der Waals surface area (Å²) in [4.78, 5) is 25.8. The molecule has 0 amide bonds. The average molecular weight is 490 g/mol. The number of hydrazine groups is 1. The topological polar surface area (TPSA) is 149 Å². The van der Waals surface area contributed by atoms with Crippen LogP contribution in [0.1, 0.15) is 46.1 Å². The number of hydrazone groups is 1. The van der Waals surface area contributed by atoms with Crippen molar-refractivity contribution in [1.29, 1.82) is 0 Å². The van der Waals surface area contributed by atoms with Gasteiger partial charge < -0.3 is 20.3 Å². The summed E-state index contributed by atoms with van der Waals surface area (Å²) in [6.45, 7) is -0.0204. The van der Waals surface area contributed by atoms with Gasteiger partial charge >= 0.3 is 0 Å². The number of carbonyl (C=O) groups excluding carboxylic acids is 1. The van der Waals surface area contributed by atoms with Crippen molar-refractivity contribution in [2.24, 2.45) is 16.8 Å². The smallest absolute Gasteiger partial charge is 0.231 e. The number of methoxy groups -OCH3 is 1. The number of ketones is 1. The highest BCUT2D eigenvalue weighted by molar-refractivity contribution is 6.07. The van der Waals surface area contributed by atoms with E-state index in [1.54, 1.807) is 12.3 Å². The van der Waals surface area contributed by atoms with Crippen LogP contribution in [-0.4, -0.2) is 38.6 Å². The van der Waals surface area contributed by atoms with Gasteiger partial charge in [0.15, 0.2) is 11.6 Å². The first-order chi connectivity index (χ1) is 17.5. The third-order valence-electron chi connectivity index (χ3n) is 5.97. The summed E-state index contributed by atoms with van der Waals surface area (Å²) >= 11 is 0. The minimum atomic E-state index is -0.607. The number of carbonyl (C=O) groups is 1. The number of anilines is 2. The van der Waals surface area contributed by atoms with Gasteiger partial charge in [-0.15, -0.1) is 0 Å². The molecule has 0 aliphatic heterocycles. The zero-order chi connectivity index (χ0) is 25.2. The number of fused-ring (bicyclic) bond motifs is 1. The maximum atomic E-state index is 15.0. The number of ether oxygens (including phenoxy) is 1. The molecule has 184 valence electrons. The van der Waals surface area contributed by atoms with E-state index in [2.05, 4.69) is 31.4 Å². The van der Waals surface area contributed by atoms with Gasteiger partial charge in [0.2, 0.25) is 5.78 Å². The van der Waals surface area contributed by atoms with Crippen molar-refractivity contribution >= 4 is 29.3 Å². The molecule has 5 N–H and O–H groups in total. The molecule has 0 saturated heterocycles. The molecule has 0 bridgehead atoms. The van der Waals surface area contributed by atoms with Crippen LogP contribution < -0.4 is 26.7 Å². The summed E-state index contributed by atoms with van der Waals surface area (Å²) in [5, 5.41) is 7.47. The normalized spacial score (nSPS) is 13.3. The molecule has 12 heteroatoms. The van der Waals surface area contributed by atoms with Crippen molar-refractivity contribution in [2.45, 2.75) is 25.3 Å². The molecule has 36 heavy (non-hydrogen) atoms. The molecule has 0 unspecified atom stereocenters. The zero-order valence-corrected chi connectivity index (χ0v) is 19.4. The lowest BCUT2D eigenvalue weighted by atomic mass is 10.1. The van der Waals surface area contributed by atoms with Crippen molar-refractivity contribution in [3.05, 3.63) is 77.4 Å². The average Bonchev–Trinajstić information content (AvgIpc) is 3.66. The Bertz CT molecular complexity index is 1470. The third-order valence-corrected chi connectivity index (χ3v) is 5.97. The summed E-state index contributed by atoms with van der Waals surface area (Å²) in [5.74, 6) is 11.1. The Labute approximate surface area is 205 Å². The van der Waals surface area contributed by atoms with Gasteiger partial charge in [-0.1, -0.05) is 6.07 Å². The molecular formula is C24H24FN9O2. The lowest BCUT2D eigenvalue weighted by molar-refractivity contribution is 0.103. The number of aromatic nitrogens is 4. The molecule has 1 fully saturated rings. The maximum Gasteiger partial charge on any atom is 0.231 e. The number of benzene rings is 1. The van der Waals surface area contributed by atoms with E-state index in [1.165, 1.54) is 44.0 Å². The Kier molecular flexibility index (Phi) is 6.17. The highest BCUT2D eigenvalue weighted by atomic mass is 19.1. The van der Waals surface area contributed by atoms with E-state index < -0.39 is 5.82 Å². The Morgan fingerprint density at radius 2 is 2.11 bits per heavy atom. The van der Waals surface area contributed by atoms with Crippen LogP contribution in [-0.2, 0) is 6.54 Å². The van der Waals surface area contributed by atoms with Gasteiger partial charge in [-0.2, -0.15) is 5.10 Å². The molecule has 3 aromatic heterocycles. The van der Waals surface area contributed by atoms with Gasteiger partial charge in [-0.05, 0) is 42.5 Å². The standard InChI is InChI=1S/C24H24FN9O2/c1-36-20-6-5-19(34(27)13-31-26)16(23(20)25)9-28-21-8-17(29-12-30-21)24(35)18-11-33-10-15(14-2-3-14)4-7-22(33)32-18/h4-8,10-14H,2-3,9,26-27H2,1H3,(H,28,29,30)/b31-13-. The van der Waals surface area contributed by atoms with E-state index in [-0.39, 0.29) is 35.0 Å². The molecule has 3 heterocycles. The van der Waals surface area contributed by atoms with Crippen LogP contribution in [0.15, 0.2) is 54.2 Å². The van der Waals surface area contributed by atoms with E-state index >= 15 is 4.39 Å². The third kappa shape index (κ3) is 4.53. The van der Waals surface area contributed by atoms with Crippen molar-refractivity contribution in [1.82, 2.24) is 19.4 Å². The van der Waals surface area contributed by atoms with Crippen molar-refractivity contribution < 1.29 is 13.9 Å². The highest BCUT2D eigenvalue weighted by Gasteiger charge is 2.24. The summed E-state index contributed by atoms with van der Waals surface area (Å²) in [5.41, 5.74) is 2.86. The van der Waals surface area contributed by atoms with Gasteiger partial charge in [0, 0.05) is 30.6 Å². The van der Waals surface area contributed by atoms with Crippen LogP contribution in [0.25, 0.3) is 5.65 Å². The van der Waals surface area contributed by atoms with Crippen LogP contribution in [0.5, 0.6) is 5.75 Å². The first-order valence-corrected chi connectivity index (χ1v) is 11.2. The zero-order valence-electron chi connectivity index (χ0n) is 19.4. The lowest BCUT2D eigenvalue weighted by Crippen LogP contribution is -2.31. The molecule has 1 aliphatic carbocycles. The second-order valence-corrected chi connectivity index (χ2v) is 8.35. The number of nitrogens with zero attached hydrogens (tertiary/aromatic N) is 6. The second kappa shape index (κ2) is 9.58. The van der Waals surface area contributed by atoms with Crippen molar-refractivity contribution in [3.8, 4) is 5.75 Å². The Balaban J connectivity index is 1.37. The first-order valence-electron chi connectivity index (χ1n) is 11.2. The van der Waals surface area contributed by atoms with E-state index in [1.807, 2.05) is 16.7 Å². The largest absolute Gasteiger partial charge is 0.494 e. The first kappa shape index (κ1) is 23.2. The summed E-state index contributed by atoms with van der Waals surface area (Å²) in [6, 6.07) is 8.47. The van der Waals surface area contributed by atoms with E-state index in [0.717, 1.165) is 11.3 Å². The molecular weight excluding hydrogens is 465 g/mol. The van der Waals surface area contributed by atoms with Crippen LogP contribution in [0, 0.1) is 5.82 Å². The van der Waals surface area contributed by atoms with Gasteiger partial charge in [-0.25, -0.2) is 25.2 Å². The number of pyridine rings is 1. The molecule has 4 aromatic rings. The molecule has 11 nitrogen and oxygen atoms in total. The number of rotatable bonds is 9. The fraction of sp³-hybridized carbons (Fsp3) is 0.208. The quantitative estimate of drug-likeness (QED) is 0.106. The van der Waals surface area contributed by atoms with Gasteiger partial charge in [0.25, 0.3) is 0 Å². The summed E-state index contributed by atoms with van der Waals surface area (Å²) in [7, 11) is 1.37. The maximum absolute atomic E-state index is 15.0. The fourth-order valence-corrected chi connectivity index (χ4v) is 3.96. The summed E-state index contributed by atoms with van der Waals surface area (Å²) < 4.78 is 22.0. The molecule has 0 radical (unpaired) electrons. The van der Waals surface area contributed by atoms with E-state index in [0.29, 0.717) is 23.1 Å². The van der Waals surface area contributed by atoms with Crippen LogP contribution in [0.3, 0.4) is 0 Å². The number of hydrogen-bond acceptors (Lipinski definition) is 9. The molecule has 5 rings (SSSR count). The number of hydrogen-bond donors (Lipinski definition) is 3. The highest BCUT2D eigenvalue weighted by Crippen LogP contribution is 2.39. The predicted octanol–water partition coefficient (Wildman–Crippen LogP) is 2.57. The molecule has 1 aliphatic rings. The monoisotopic (exact) mass is 489 g/mol. The molecule has 0 spiro atoms. The van der Waals surface area contributed by atoms with E-state index in [9.17, 15) is 4.79 Å². The minimum Gasteiger partial charge on any atom is -0.494 e. The van der Waals surface area contributed by atoms with Crippen LogP contribution >= 0.6 is 0 Å². The Hall–Kier alpha value is -4.58. The predicted molar refractivity (Wildman–Crippen MR) is 132 cm³/mol. The molecule has 1 aromatic carbocycles. The number of nitrogens with two attached hydrogens (primary N) is 2. The van der Waals surface area contributed by atoms with Gasteiger partial charge in [0.05, 0.1) is 12.8 Å². The lowest BCUT2D eigenvalue weighted by Gasteiger charge is -2.19. The fourth-order valence-electron chi connectivity index (χ4n) is 3.96. The summed E-state index contributed by atoms with van der Waals surface area (Å²) in [6.07, 6.45) is 8.50. The molecule has 0 atom stereocenters. The minimum absolute atomic E-state index is 0.0204. The SMILES string of the molecule is COc1ccc(N(N)/C=N\N)c(CNc2cc(C(=O)c3cn4cc(C5CC5)ccc4n3)ncn2)c1F. The van der Waals surface area contributed by atoms with Crippen molar-refractivity contribution in [2.75, 3.05) is 17.4 Å². The number of imidazole rings is 1. The molecule has 1 saturated carbocycles. The second-order valence-electron chi connectivity index (χ2n) is 8.35.